The van der Waals surface area contributed by atoms with Gasteiger partial charge in [0.15, 0.2) is 0 Å². The molecule has 4 nitrogen and oxygen atoms in total. The van der Waals surface area contributed by atoms with Gasteiger partial charge in [0.25, 0.3) is 0 Å². The molecule has 0 bridgehead atoms. The van der Waals surface area contributed by atoms with E-state index in [2.05, 4.69) is 5.32 Å². The van der Waals surface area contributed by atoms with Crippen LogP contribution in [0, 0.1) is 5.92 Å². The highest BCUT2D eigenvalue weighted by atomic mass is 32.2. The fraction of sp³-hybridized carbons (Fsp3) is 0.733. The van der Waals surface area contributed by atoms with Crippen LogP contribution in [0.25, 0.3) is 0 Å². The fourth-order valence-electron chi connectivity index (χ4n) is 2.63. The first kappa shape index (κ1) is 15.5. The highest BCUT2D eigenvalue weighted by Crippen LogP contribution is 2.30. The predicted molar refractivity (Wildman–Crippen MR) is 86.0 cm³/mol. The maximum Gasteiger partial charge on any atom is 0.243 e. The van der Waals surface area contributed by atoms with Crippen molar-refractivity contribution in [2.75, 3.05) is 13.1 Å². The number of rotatable bonds is 8. The summed E-state index contributed by atoms with van der Waals surface area (Å²) < 4.78 is 27.1. The van der Waals surface area contributed by atoms with Crippen LogP contribution in [0.3, 0.4) is 0 Å². The molecule has 3 rings (SSSR count). The molecule has 1 heterocycles. The number of thiophene rings is 1. The van der Waals surface area contributed by atoms with Gasteiger partial charge in [0.2, 0.25) is 10.0 Å². The summed E-state index contributed by atoms with van der Waals surface area (Å²) in [6, 6.07) is 2.50. The molecule has 0 aliphatic heterocycles. The van der Waals surface area contributed by atoms with Crippen LogP contribution >= 0.6 is 11.3 Å². The third-order valence-corrected chi connectivity index (χ3v) is 7.45. The van der Waals surface area contributed by atoms with Crippen LogP contribution in [-0.2, 0) is 16.6 Å². The van der Waals surface area contributed by atoms with E-state index in [1.807, 2.05) is 13.0 Å². The summed E-state index contributed by atoms with van der Waals surface area (Å²) in [5.74, 6) is 0.564. The molecule has 118 valence electrons. The maximum absolute atomic E-state index is 12.7. The Morgan fingerprint density at radius 1 is 1.33 bits per heavy atom. The quantitative estimate of drug-likeness (QED) is 0.798. The van der Waals surface area contributed by atoms with Crippen molar-refractivity contribution in [2.24, 2.45) is 5.92 Å². The van der Waals surface area contributed by atoms with Crippen LogP contribution in [0.5, 0.6) is 0 Å². The molecule has 0 saturated heterocycles. The second kappa shape index (κ2) is 6.36. The van der Waals surface area contributed by atoms with Crippen molar-refractivity contribution in [3.05, 3.63) is 16.3 Å². The van der Waals surface area contributed by atoms with Crippen molar-refractivity contribution in [1.82, 2.24) is 9.62 Å². The minimum atomic E-state index is -3.31. The molecule has 2 aliphatic rings. The Bertz CT molecular complexity index is 574. The molecule has 0 spiro atoms. The molecule has 0 amide bonds. The molecule has 2 saturated carbocycles. The van der Waals surface area contributed by atoms with E-state index >= 15 is 0 Å². The number of hydrogen-bond donors (Lipinski definition) is 1. The Balaban J connectivity index is 1.66. The van der Waals surface area contributed by atoms with Crippen LogP contribution in [0.1, 0.15) is 43.9 Å². The molecule has 21 heavy (non-hydrogen) atoms. The van der Waals surface area contributed by atoms with Crippen molar-refractivity contribution in [3.8, 4) is 0 Å². The lowest BCUT2D eigenvalue weighted by atomic mass is 9.85. The first-order valence-corrected chi connectivity index (χ1v) is 10.2. The van der Waals surface area contributed by atoms with Gasteiger partial charge in [-0.05, 0) is 37.7 Å². The van der Waals surface area contributed by atoms with Gasteiger partial charge in [-0.1, -0.05) is 13.3 Å². The minimum absolute atomic E-state index is 0.473. The summed E-state index contributed by atoms with van der Waals surface area (Å²) in [6.07, 6.45) is 6.10. The zero-order valence-electron chi connectivity index (χ0n) is 12.5. The zero-order chi connectivity index (χ0) is 14.9. The molecule has 1 N–H and O–H groups in total. The molecule has 2 fully saturated rings. The van der Waals surface area contributed by atoms with E-state index in [1.165, 1.54) is 32.1 Å². The molecular weight excluding hydrogens is 304 g/mol. The number of hydrogen-bond acceptors (Lipinski definition) is 4. The fourth-order valence-corrected chi connectivity index (χ4v) is 5.37. The standard InChI is InChI=1S/C15H24N2O2S2/c1-2-17(10-12-4-3-5-12)21(18,19)15-8-14(20-11-15)9-16-13-6-7-13/h8,11-13,16H,2-7,9-10H2,1H3. The van der Waals surface area contributed by atoms with Gasteiger partial charge in [0.05, 0.1) is 4.90 Å². The molecule has 1 aromatic heterocycles. The van der Waals surface area contributed by atoms with Crippen molar-refractivity contribution in [3.63, 3.8) is 0 Å². The molecule has 0 aromatic carbocycles. The predicted octanol–water partition coefficient (Wildman–Crippen LogP) is 2.81. The maximum atomic E-state index is 12.7. The van der Waals surface area contributed by atoms with Gasteiger partial charge in [-0.15, -0.1) is 11.3 Å². The lowest BCUT2D eigenvalue weighted by molar-refractivity contribution is 0.250. The van der Waals surface area contributed by atoms with E-state index in [4.69, 9.17) is 0 Å². The van der Waals surface area contributed by atoms with E-state index in [1.54, 1.807) is 21.0 Å². The summed E-state index contributed by atoms with van der Waals surface area (Å²) in [4.78, 5) is 1.58. The van der Waals surface area contributed by atoms with Crippen molar-refractivity contribution in [1.29, 1.82) is 0 Å². The summed E-state index contributed by atoms with van der Waals surface area (Å²) >= 11 is 1.54. The van der Waals surface area contributed by atoms with Crippen molar-refractivity contribution >= 4 is 21.4 Å². The summed E-state index contributed by atoms with van der Waals surface area (Å²) in [5, 5.41) is 5.23. The van der Waals surface area contributed by atoms with Gasteiger partial charge in [0, 0.05) is 35.9 Å². The third-order valence-electron chi connectivity index (χ3n) is 4.45. The second-order valence-electron chi connectivity index (χ2n) is 6.16. The molecule has 1 aromatic rings. The van der Waals surface area contributed by atoms with Crippen molar-refractivity contribution < 1.29 is 8.42 Å². The van der Waals surface area contributed by atoms with Gasteiger partial charge in [-0.3, -0.25) is 0 Å². The highest BCUT2D eigenvalue weighted by Gasteiger charge is 2.29. The number of nitrogens with one attached hydrogen (secondary N) is 1. The highest BCUT2D eigenvalue weighted by molar-refractivity contribution is 7.89. The average Bonchev–Trinajstić information content (AvgIpc) is 3.11. The molecule has 0 unspecified atom stereocenters. The van der Waals surface area contributed by atoms with E-state index in [-0.39, 0.29) is 0 Å². The van der Waals surface area contributed by atoms with E-state index < -0.39 is 10.0 Å². The largest absolute Gasteiger partial charge is 0.309 e. The van der Waals surface area contributed by atoms with Crippen LogP contribution < -0.4 is 5.32 Å². The molecule has 2 aliphatic carbocycles. The minimum Gasteiger partial charge on any atom is -0.309 e. The smallest absolute Gasteiger partial charge is 0.243 e. The lowest BCUT2D eigenvalue weighted by Gasteiger charge is -2.30. The van der Waals surface area contributed by atoms with Gasteiger partial charge < -0.3 is 5.32 Å². The molecular formula is C15H24N2O2S2. The summed E-state index contributed by atoms with van der Waals surface area (Å²) in [6.45, 7) is 3.96. The van der Waals surface area contributed by atoms with E-state index in [0.717, 1.165) is 11.4 Å². The number of sulfonamides is 1. The monoisotopic (exact) mass is 328 g/mol. The van der Waals surface area contributed by atoms with Crippen LogP contribution in [0.4, 0.5) is 0 Å². The average molecular weight is 329 g/mol. The molecule has 0 radical (unpaired) electrons. The van der Waals surface area contributed by atoms with Crippen molar-refractivity contribution in [2.45, 2.75) is 56.5 Å². The Morgan fingerprint density at radius 3 is 2.67 bits per heavy atom. The van der Waals surface area contributed by atoms with Crippen LogP contribution in [0.2, 0.25) is 0 Å². The number of nitrogens with zero attached hydrogens (tertiary/aromatic N) is 1. The SMILES string of the molecule is CCN(CC1CCC1)S(=O)(=O)c1csc(CNC2CC2)c1. The van der Waals surface area contributed by atoms with Gasteiger partial charge in [0.1, 0.15) is 0 Å². The van der Waals surface area contributed by atoms with E-state index in [9.17, 15) is 8.42 Å². The Labute approximate surface area is 131 Å². The molecule has 6 heteroatoms. The molecule has 0 atom stereocenters. The normalized spacial score (nSPS) is 19.9. The van der Waals surface area contributed by atoms with E-state index in [0.29, 0.717) is 29.9 Å². The van der Waals surface area contributed by atoms with Gasteiger partial charge >= 0.3 is 0 Å². The summed E-state index contributed by atoms with van der Waals surface area (Å²) in [7, 11) is -3.31. The van der Waals surface area contributed by atoms with Gasteiger partial charge in [-0.2, -0.15) is 4.31 Å². The first-order chi connectivity index (χ1) is 10.1. The first-order valence-electron chi connectivity index (χ1n) is 7.90. The Hall–Kier alpha value is -0.430. The Morgan fingerprint density at radius 2 is 2.10 bits per heavy atom. The lowest BCUT2D eigenvalue weighted by Crippen LogP contribution is -2.37. The van der Waals surface area contributed by atoms with Gasteiger partial charge in [-0.25, -0.2) is 8.42 Å². The third kappa shape index (κ3) is 3.67. The van der Waals surface area contributed by atoms with Crippen LogP contribution in [-0.4, -0.2) is 31.9 Å². The van der Waals surface area contributed by atoms with Crippen LogP contribution in [0.15, 0.2) is 16.3 Å². The summed E-state index contributed by atoms with van der Waals surface area (Å²) in [5.41, 5.74) is 0. The Kier molecular flexibility index (Phi) is 4.69. The second-order valence-corrected chi connectivity index (χ2v) is 9.09. The zero-order valence-corrected chi connectivity index (χ0v) is 14.2. The topological polar surface area (TPSA) is 49.4 Å².